The first-order valence-electron chi connectivity index (χ1n) is 21.9. The second kappa shape index (κ2) is 40.7. The summed E-state index contributed by atoms with van der Waals surface area (Å²) in [5, 5.41) is 0. The number of unbranched alkanes of at least 4 members (excludes halogenated alkanes) is 22. The summed E-state index contributed by atoms with van der Waals surface area (Å²) in [6, 6.07) is 0. The lowest BCUT2D eigenvalue weighted by molar-refractivity contribution is -0.161. The van der Waals surface area contributed by atoms with Crippen LogP contribution < -0.4 is 0 Å². The fourth-order valence-corrected chi connectivity index (χ4v) is 6.38. The molecule has 1 atom stereocenters. The van der Waals surface area contributed by atoms with Crippen molar-refractivity contribution in [1.82, 2.24) is 0 Å². The van der Waals surface area contributed by atoms with Crippen LogP contribution in [0.4, 0.5) is 0 Å². The molecule has 0 aromatic carbocycles. The molecule has 0 unspecified atom stereocenters. The third-order valence-corrected chi connectivity index (χ3v) is 9.81. The van der Waals surface area contributed by atoms with Crippen LogP contribution in [0.5, 0.6) is 0 Å². The smallest absolute Gasteiger partial charge is 0.462 e. The minimum Gasteiger partial charge on any atom is -0.462 e. The lowest BCUT2D eigenvalue weighted by Gasteiger charge is -2.18. The summed E-state index contributed by atoms with van der Waals surface area (Å²) in [7, 11) is -4.76. The molecule has 0 fully saturated rings. The van der Waals surface area contributed by atoms with E-state index < -0.39 is 32.5 Å². The van der Waals surface area contributed by atoms with Crippen molar-refractivity contribution in [3.8, 4) is 0 Å². The van der Waals surface area contributed by atoms with Gasteiger partial charge >= 0.3 is 19.8 Å². The Bertz CT molecular complexity index is 1020. The molecule has 0 rings (SSSR count). The van der Waals surface area contributed by atoms with Crippen LogP contribution in [0.25, 0.3) is 0 Å². The van der Waals surface area contributed by atoms with Gasteiger partial charge in [-0.1, -0.05) is 165 Å². The zero-order valence-electron chi connectivity index (χ0n) is 34.6. The van der Waals surface area contributed by atoms with Crippen LogP contribution in [0.2, 0.25) is 0 Å². The van der Waals surface area contributed by atoms with Gasteiger partial charge < -0.3 is 19.3 Å². The van der Waals surface area contributed by atoms with Gasteiger partial charge in [0.05, 0.1) is 6.61 Å². The third kappa shape index (κ3) is 42.7. The van der Waals surface area contributed by atoms with Crippen molar-refractivity contribution in [3.63, 3.8) is 0 Å². The highest BCUT2D eigenvalue weighted by Crippen LogP contribution is 2.36. The number of carbonyl (C=O) groups excluding carboxylic acids is 2. The van der Waals surface area contributed by atoms with Gasteiger partial charge in [-0.15, -0.1) is 0 Å². The Kier molecular flexibility index (Phi) is 39.2. The van der Waals surface area contributed by atoms with Gasteiger partial charge in [-0.2, -0.15) is 0 Å². The molecule has 9 heteroatoms. The van der Waals surface area contributed by atoms with E-state index in [2.05, 4.69) is 67.0 Å². The minimum atomic E-state index is -4.76. The molecule has 0 saturated heterocycles. The topological polar surface area (TPSA) is 119 Å². The van der Waals surface area contributed by atoms with Crippen molar-refractivity contribution in [2.24, 2.45) is 0 Å². The lowest BCUT2D eigenvalue weighted by Crippen LogP contribution is -2.29. The first-order valence-corrected chi connectivity index (χ1v) is 23.5. The van der Waals surface area contributed by atoms with Crippen molar-refractivity contribution in [2.45, 2.75) is 213 Å². The van der Waals surface area contributed by atoms with Crippen LogP contribution >= 0.6 is 7.82 Å². The van der Waals surface area contributed by atoms with Gasteiger partial charge in [0.25, 0.3) is 0 Å². The molecule has 0 spiro atoms. The Morgan fingerprint density at radius 2 is 0.833 bits per heavy atom. The second-order valence-electron chi connectivity index (χ2n) is 14.7. The molecule has 0 aromatic rings. The molecule has 0 aromatic heterocycles. The lowest BCUT2D eigenvalue weighted by atomic mass is 10.1. The van der Waals surface area contributed by atoms with Gasteiger partial charge in [0.15, 0.2) is 6.10 Å². The molecule has 8 nitrogen and oxygen atoms in total. The standard InChI is InChI=1S/C45H81O8P/c1-3-5-7-9-11-13-15-17-19-21-22-24-25-27-29-31-33-35-37-39-44(46)51-41-43(42-52-54(48,49)50)53-45(47)40-38-36-34-32-30-28-26-23-20-18-16-14-12-10-8-6-4-2/h11-14,17-20,43H,3-10,15-16,21-42H2,1-2H3,(H2,48,49,50)/b13-11-,14-12-,19-17-,20-18-/t43-/m1/s1. The summed E-state index contributed by atoms with van der Waals surface area (Å²) in [6.45, 7) is 3.64. The third-order valence-electron chi connectivity index (χ3n) is 9.32. The number of phosphoric ester groups is 1. The Hall–Kier alpha value is -1.99. The van der Waals surface area contributed by atoms with E-state index in [1.807, 2.05) is 0 Å². The van der Waals surface area contributed by atoms with Crippen molar-refractivity contribution < 1.29 is 37.9 Å². The SMILES string of the molecule is CCCCC/C=C\C/C=C\CCCCCCCCCCCC(=O)OC[C@H](COP(=O)(O)O)OC(=O)CCCCCCCCC/C=C\C/C=C\CCCCC. The number of phosphoric acid groups is 1. The summed E-state index contributed by atoms with van der Waals surface area (Å²) in [6.07, 6.45) is 49.7. The van der Waals surface area contributed by atoms with E-state index in [1.54, 1.807) is 0 Å². The van der Waals surface area contributed by atoms with Gasteiger partial charge in [-0.25, -0.2) is 4.57 Å². The van der Waals surface area contributed by atoms with Gasteiger partial charge in [0.1, 0.15) is 6.61 Å². The molecule has 2 N–H and O–H groups in total. The van der Waals surface area contributed by atoms with Crippen molar-refractivity contribution in [2.75, 3.05) is 13.2 Å². The average Bonchev–Trinajstić information content (AvgIpc) is 3.14. The zero-order chi connectivity index (χ0) is 39.6. The summed E-state index contributed by atoms with van der Waals surface area (Å²) in [4.78, 5) is 42.9. The molecule has 0 amide bonds. The Labute approximate surface area is 331 Å². The van der Waals surface area contributed by atoms with Crippen molar-refractivity contribution in [3.05, 3.63) is 48.6 Å². The number of rotatable bonds is 40. The molecule has 0 aliphatic heterocycles. The molecule has 0 saturated carbocycles. The van der Waals surface area contributed by atoms with E-state index in [1.165, 1.54) is 103 Å². The molecule has 0 radical (unpaired) electrons. The number of hydrogen-bond acceptors (Lipinski definition) is 6. The summed E-state index contributed by atoms with van der Waals surface area (Å²) < 4.78 is 26.4. The monoisotopic (exact) mass is 781 g/mol. The van der Waals surface area contributed by atoms with Crippen LogP contribution in [-0.4, -0.2) is 41.0 Å². The predicted octanol–water partition coefficient (Wildman–Crippen LogP) is 13.5. The number of carbonyl (C=O) groups is 2. The summed E-state index contributed by atoms with van der Waals surface area (Å²) >= 11 is 0. The molecular weight excluding hydrogens is 699 g/mol. The van der Waals surface area contributed by atoms with E-state index in [9.17, 15) is 14.2 Å². The average molecular weight is 781 g/mol. The maximum Gasteiger partial charge on any atom is 0.469 e. The van der Waals surface area contributed by atoms with E-state index in [-0.39, 0.29) is 19.4 Å². The first kappa shape index (κ1) is 52.0. The largest absolute Gasteiger partial charge is 0.469 e. The highest BCUT2D eigenvalue weighted by Gasteiger charge is 2.22. The summed E-state index contributed by atoms with van der Waals surface area (Å²) in [5.74, 6) is -0.896. The van der Waals surface area contributed by atoms with Gasteiger partial charge in [0, 0.05) is 12.8 Å². The van der Waals surface area contributed by atoms with E-state index >= 15 is 0 Å². The van der Waals surface area contributed by atoms with Gasteiger partial charge in [0.2, 0.25) is 0 Å². The van der Waals surface area contributed by atoms with Crippen LogP contribution in [0, 0.1) is 0 Å². The maximum absolute atomic E-state index is 12.4. The fourth-order valence-electron chi connectivity index (χ4n) is 6.02. The molecule has 0 aliphatic rings. The highest BCUT2D eigenvalue weighted by atomic mass is 31.2. The molecule has 0 bridgehead atoms. The van der Waals surface area contributed by atoms with Crippen LogP contribution in [0.1, 0.15) is 206 Å². The molecule has 54 heavy (non-hydrogen) atoms. The van der Waals surface area contributed by atoms with E-state index in [0.29, 0.717) is 6.42 Å². The Balaban J connectivity index is 3.91. The molecular formula is C45H81O8P. The second-order valence-corrected chi connectivity index (χ2v) is 15.9. The Morgan fingerprint density at radius 3 is 1.22 bits per heavy atom. The van der Waals surface area contributed by atoms with E-state index in [4.69, 9.17) is 19.3 Å². The van der Waals surface area contributed by atoms with Gasteiger partial charge in [-0.05, 0) is 77.0 Å². The van der Waals surface area contributed by atoms with Crippen molar-refractivity contribution in [1.29, 1.82) is 0 Å². The normalized spacial score (nSPS) is 12.9. The number of esters is 2. The predicted molar refractivity (Wildman–Crippen MR) is 225 cm³/mol. The summed E-state index contributed by atoms with van der Waals surface area (Å²) in [5.41, 5.74) is 0. The first-order chi connectivity index (χ1) is 26.3. The minimum absolute atomic E-state index is 0.201. The number of hydrogen-bond donors (Lipinski definition) is 2. The molecule has 0 heterocycles. The number of ether oxygens (including phenoxy) is 2. The fraction of sp³-hybridized carbons (Fsp3) is 0.778. The van der Waals surface area contributed by atoms with Crippen molar-refractivity contribution >= 4 is 19.8 Å². The number of allylic oxidation sites excluding steroid dienone is 8. The Morgan fingerprint density at radius 1 is 0.481 bits per heavy atom. The molecule has 314 valence electrons. The van der Waals surface area contributed by atoms with Gasteiger partial charge in [-0.3, -0.25) is 14.1 Å². The quantitative estimate of drug-likeness (QED) is 0.0273. The van der Waals surface area contributed by atoms with E-state index in [0.717, 1.165) is 70.6 Å². The molecule has 0 aliphatic carbocycles. The zero-order valence-corrected chi connectivity index (χ0v) is 35.5. The van der Waals surface area contributed by atoms with Crippen LogP contribution in [-0.2, 0) is 28.2 Å². The van der Waals surface area contributed by atoms with Crippen LogP contribution in [0.15, 0.2) is 48.6 Å². The maximum atomic E-state index is 12.4. The highest BCUT2D eigenvalue weighted by molar-refractivity contribution is 7.46. The van der Waals surface area contributed by atoms with Crippen LogP contribution in [0.3, 0.4) is 0 Å².